The summed E-state index contributed by atoms with van der Waals surface area (Å²) in [5.74, 6) is -2.65. The van der Waals surface area contributed by atoms with Crippen LogP contribution in [0.5, 0.6) is 0 Å². The topological polar surface area (TPSA) is 153 Å². The summed E-state index contributed by atoms with van der Waals surface area (Å²) in [6.45, 7) is 3.13. The predicted octanol–water partition coefficient (Wildman–Crippen LogP) is 1.34. The molecular weight excluding hydrogens is 298 g/mol. The van der Waals surface area contributed by atoms with Crippen molar-refractivity contribution in [1.29, 1.82) is 0 Å². The molecule has 1 aromatic rings. The van der Waals surface area contributed by atoms with Gasteiger partial charge in [0.05, 0.1) is 21.5 Å². The van der Waals surface area contributed by atoms with Gasteiger partial charge in [-0.25, -0.2) is 4.79 Å². The second-order valence-corrected chi connectivity index (χ2v) is 4.79. The highest BCUT2D eigenvalue weighted by molar-refractivity contribution is 5.97. The molecule has 0 heterocycles. The van der Waals surface area contributed by atoms with Gasteiger partial charge in [-0.3, -0.25) is 25.0 Å². The molecule has 0 aromatic heterocycles. The molecule has 0 saturated heterocycles. The van der Waals surface area contributed by atoms with Crippen LogP contribution in [0.1, 0.15) is 24.2 Å². The molecule has 1 amide bonds. The van der Waals surface area contributed by atoms with E-state index in [2.05, 4.69) is 5.32 Å². The van der Waals surface area contributed by atoms with Crippen LogP contribution >= 0.6 is 0 Å². The Labute approximate surface area is 124 Å². The summed E-state index contributed by atoms with van der Waals surface area (Å²) in [6.07, 6.45) is 0. The zero-order chi connectivity index (χ0) is 17.0. The molecular formula is C12H13N3O7. The zero-order valence-electron chi connectivity index (χ0n) is 11.7. The molecule has 1 rings (SSSR count). The van der Waals surface area contributed by atoms with Crippen LogP contribution in [-0.4, -0.2) is 32.9 Å². The Morgan fingerprint density at radius 3 is 1.86 bits per heavy atom. The average molecular weight is 311 g/mol. The first-order valence-corrected chi connectivity index (χ1v) is 6.11. The van der Waals surface area contributed by atoms with E-state index < -0.39 is 45.1 Å². The van der Waals surface area contributed by atoms with Gasteiger partial charge in [0, 0.05) is 12.1 Å². The van der Waals surface area contributed by atoms with Crippen molar-refractivity contribution in [3.05, 3.63) is 44.0 Å². The predicted molar refractivity (Wildman–Crippen MR) is 73.5 cm³/mol. The van der Waals surface area contributed by atoms with Gasteiger partial charge in [0.2, 0.25) is 0 Å². The number of nitro benzene ring substituents is 2. The monoisotopic (exact) mass is 311 g/mol. The molecule has 118 valence electrons. The van der Waals surface area contributed by atoms with Crippen LogP contribution in [0.25, 0.3) is 0 Å². The smallest absolute Gasteiger partial charge is 0.326 e. The standard InChI is InChI=1S/C12H13N3O7/c1-6(2)10(12(17)18)13-11(16)7-3-8(14(19)20)5-9(4-7)15(21)22/h3-6,10H,1-2H3,(H,13,16)(H,17,18)/t10-/m0/s1. The van der Waals surface area contributed by atoms with Crippen molar-refractivity contribution in [3.63, 3.8) is 0 Å². The number of hydrogen-bond donors (Lipinski definition) is 2. The lowest BCUT2D eigenvalue weighted by Gasteiger charge is -2.17. The minimum absolute atomic E-state index is 0.354. The molecule has 10 heteroatoms. The second-order valence-electron chi connectivity index (χ2n) is 4.79. The number of nitro groups is 2. The van der Waals surface area contributed by atoms with Crippen LogP contribution in [0.15, 0.2) is 18.2 Å². The lowest BCUT2D eigenvalue weighted by molar-refractivity contribution is -0.394. The largest absolute Gasteiger partial charge is 0.480 e. The molecule has 10 nitrogen and oxygen atoms in total. The molecule has 1 atom stereocenters. The lowest BCUT2D eigenvalue weighted by atomic mass is 10.0. The van der Waals surface area contributed by atoms with Gasteiger partial charge in [-0.1, -0.05) is 13.8 Å². The SMILES string of the molecule is CC(C)[C@H](NC(=O)c1cc([N+](=O)[O-])cc([N+](=O)[O-])c1)C(=O)O. The van der Waals surface area contributed by atoms with Crippen LogP contribution in [0, 0.1) is 26.1 Å². The maximum atomic E-state index is 12.0. The molecule has 22 heavy (non-hydrogen) atoms. The number of rotatable bonds is 6. The summed E-state index contributed by atoms with van der Waals surface area (Å²) < 4.78 is 0. The Bertz CT molecular complexity index is 609. The molecule has 0 unspecified atom stereocenters. The van der Waals surface area contributed by atoms with Crippen molar-refractivity contribution in [2.75, 3.05) is 0 Å². The van der Waals surface area contributed by atoms with Crippen LogP contribution < -0.4 is 5.32 Å². The van der Waals surface area contributed by atoms with Crippen LogP contribution in [0.3, 0.4) is 0 Å². The van der Waals surface area contributed by atoms with Crippen molar-refractivity contribution < 1.29 is 24.5 Å². The van der Waals surface area contributed by atoms with E-state index in [1.165, 1.54) is 0 Å². The van der Waals surface area contributed by atoms with Crippen molar-refractivity contribution in [3.8, 4) is 0 Å². The molecule has 0 saturated carbocycles. The summed E-state index contributed by atoms with van der Waals surface area (Å²) >= 11 is 0. The number of nitrogens with one attached hydrogen (secondary N) is 1. The van der Waals surface area contributed by atoms with Crippen molar-refractivity contribution >= 4 is 23.3 Å². The second kappa shape index (κ2) is 6.61. The third kappa shape index (κ3) is 3.98. The van der Waals surface area contributed by atoms with Crippen molar-refractivity contribution in [1.82, 2.24) is 5.32 Å². The van der Waals surface area contributed by atoms with Gasteiger partial charge in [0.15, 0.2) is 0 Å². The van der Waals surface area contributed by atoms with Gasteiger partial charge in [-0.2, -0.15) is 0 Å². The van der Waals surface area contributed by atoms with Crippen LogP contribution in [0.2, 0.25) is 0 Å². The normalized spacial score (nSPS) is 11.8. The maximum absolute atomic E-state index is 12.0. The first-order chi connectivity index (χ1) is 10.1. The molecule has 1 aromatic carbocycles. The number of non-ortho nitro benzene ring substituents is 2. The fourth-order valence-corrected chi connectivity index (χ4v) is 1.68. The average Bonchev–Trinajstić information content (AvgIpc) is 2.42. The molecule has 0 aliphatic carbocycles. The molecule has 0 radical (unpaired) electrons. The van der Waals surface area contributed by atoms with E-state index in [1.807, 2.05) is 0 Å². The minimum Gasteiger partial charge on any atom is -0.480 e. The summed E-state index contributed by atoms with van der Waals surface area (Å²) in [4.78, 5) is 42.8. The Kier molecular flexibility index (Phi) is 5.11. The summed E-state index contributed by atoms with van der Waals surface area (Å²) in [7, 11) is 0. The van der Waals surface area contributed by atoms with Crippen LogP contribution in [-0.2, 0) is 4.79 Å². The van der Waals surface area contributed by atoms with Gasteiger partial charge in [-0.15, -0.1) is 0 Å². The van der Waals surface area contributed by atoms with Gasteiger partial charge in [0.1, 0.15) is 6.04 Å². The van der Waals surface area contributed by atoms with E-state index in [0.717, 1.165) is 12.1 Å². The molecule has 2 N–H and O–H groups in total. The van der Waals surface area contributed by atoms with Gasteiger partial charge in [-0.05, 0) is 5.92 Å². The number of benzene rings is 1. The third-order valence-electron chi connectivity index (χ3n) is 2.81. The fourth-order valence-electron chi connectivity index (χ4n) is 1.68. The highest BCUT2D eigenvalue weighted by Gasteiger charge is 2.26. The minimum atomic E-state index is -1.27. The Morgan fingerprint density at radius 1 is 1.09 bits per heavy atom. The van der Waals surface area contributed by atoms with Crippen LogP contribution in [0.4, 0.5) is 11.4 Å². The Hall–Kier alpha value is -3.04. The van der Waals surface area contributed by atoms with E-state index in [1.54, 1.807) is 13.8 Å². The lowest BCUT2D eigenvalue weighted by Crippen LogP contribution is -2.44. The highest BCUT2D eigenvalue weighted by atomic mass is 16.6. The van der Waals surface area contributed by atoms with Gasteiger partial charge >= 0.3 is 5.97 Å². The molecule has 0 aliphatic rings. The maximum Gasteiger partial charge on any atom is 0.326 e. The molecule has 0 spiro atoms. The first-order valence-electron chi connectivity index (χ1n) is 6.11. The zero-order valence-corrected chi connectivity index (χ0v) is 11.7. The Morgan fingerprint density at radius 2 is 1.55 bits per heavy atom. The van der Waals surface area contributed by atoms with Gasteiger partial charge in [0.25, 0.3) is 17.3 Å². The fraction of sp³-hybridized carbons (Fsp3) is 0.333. The summed E-state index contributed by atoms with van der Waals surface area (Å²) in [5.41, 5.74) is -1.61. The first kappa shape index (κ1) is 17.0. The highest BCUT2D eigenvalue weighted by Crippen LogP contribution is 2.22. The number of carbonyl (C=O) groups is 2. The number of carboxylic acid groups (broad SMARTS) is 1. The molecule has 0 aliphatic heterocycles. The number of carbonyl (C=O) groups excluding carboxylic acids is 1. The van der Waals surface area contributed by atoms with E-state index in [-0.39, 0.29) is 5.56 Å². The number of hydrogen-bond acceptors (Lipinski definition) is 6. The quantitative estimate of drug-likeness (QED) is 0.593. The van der Waals surface area contributed by atoms with E-state index in [9.17, 15) is 29.8 Å². The summed E-state index contributed by atoms with van der Waals surface area (Å²) in [6, 6.07) is 1.20. The molecule has 0 fully saturated rings. The molecule has 0 bridgehead atoms. The number of nitrogens with zero attached hydrogens (tertiary/aromatic N) is 2. The third-order valence-corrected chi connectivity index (χ3v) is 2.81. The van der Waals surface area contributed by atoms with Gasteiger partial charge < -0.3 is 10.4 Å². The summed E-state index contributed by atoms with van der Waals surface area (Å²) in [5, 5.41) is 32.7. The van der Waals surface area contributed by atoms with E-state index in [0.29, 0.717) is 6.07 Å². The van der Waals surface area contributed by atoms with E-state index in [4.69, 9.17) is 5.11 Å². The van der Waals surface area contributed by atoms with E-state index >= 15 is 0 Å². The number of amides is 1. The number of carboxylic acids is 1. The van der Waals surface area contributed by atoms with Crippen molar-refractivity contribution in [2.45, 2.75) is 19.9 Å². The number of aliphatic carboxylic acids is 1. The Balaban J connectivity index is 3.19. The van der Waals surface area contributed by atoms with Crippen molar-refractivity contribution in [2.24, 2.45) is 5.92 Å².